The second kappa shape index (κ2) is 7.59. The van der Waals surface area contributed by atoms with Crippen LogP contribution in [0.3, 0.4) is 0 Å². The number of aromatic nitrogens is 5. The molecule has 3 aromatic heterocycles. The third-order valence-electron chi connectivity index (χ3n) is 6.34. The molecule has 1 fully saturated rings. The molecule has 166 valence electrons. The molecular weight excluding hydrogens is 408 g/mol. The number of nitrogens with zero attached hydrogens (tertiary/aromatic N) is 5. The lowest BCUT2D eigenvalue weighted by Gasteiger charge is -2.38. The molecule has 0 spiro atoms. The summed E-state index contributed by atoms with van der Waals surface area (Å²) in [6, 6.07) is 7.39. The minimum absolute atomic E-state index is 0.204. The van der Waals surface area contributed by atoms with Gasteiger partial charge in [0.05, 0.1) is 36.0 Å². The number of ether oxygens (including phenoxy) is 1. The van der Waals surface area contributed by atoms with Gasteiger partial charge in [-0.3, -0.25) is 9.48 Å². The second-order valence-electron chi connectivity index (χ2n) is 8.90. The van der Waals surface area contributed by atoms with Crippen LogP contribution in [-0.4, -0.2) is 48.1 Å². The Labute approximate surface area is 185 Å². The van der Waals surface area contributed by atoms with E-state index in [1.165, 1.54) is 7.11 Å². The summed E-state index contributed by atoms with van der Waals surface area (Å²) < 4.78 is 9.05. The molecule has 1 aromatic carbocycles. The number of methoxy groups -OCH3 is 1. The Morgan fingerprint density at radius 3 is 3.00 bits per heavy atom. The van der Waals surface area contributed by atoms with E-state index in [0.717, 1.165) is 30.2 Å². The highest BCUT2D eigenvalue weighted by molar-refractivity contribution is 6.08. The van der Waals surface area contributed by atoms with Gasteiger partial charge in [-0.15, -0.1) is 0 Å². The third-order valence-corrected chi connectivity index (χ3v) is 6.34. The third kappa shape index (κ3) is 3.58. The lowest BCUT2D eigenvalue weighted by molar-refractivity contribution is -0.0145. The molecule has 1 aliphatic carbocycles. The van der Waals surface area contributed by atoms with Crippen molar-refractivity contribution in [2.24, 2.45) is 5.92 Å². The highest BCUT2D eigenvalue weighted by Gasteiger charge is 2.35. The number of carbonyl (C=O) groups excluding carboxylic acids is 1. The van der Waals surface area contributed by atoms with E-state index in [0.29, 0.717) is 28.7 Å². The molecule has 4 aromatic rings. The summed E-state index contributed by atoms with van der Waals surface area (Å²) in [5, 5.41) is 23.1. The Hall–Kier alpha value is -3.46. The lowest BCUT2D eigenvalue weighted by atomic mass is 9.77. The first-order valence-electron chi connectivity index (χ1n) is 10.7. The zero-order valence-corrected chi connectivity index (χ0v) is 18.3. The maximum absolute atomic E-state index is 13.1. The highest BCUT2D eigenvalue weighted by Crippen LogP contribution is 2.39. The Morgan fingerprint density at radius 2 is 2.22 bits per heavy atom. The van der Waals surface area contributed by atoms with Crippen LogP contribution >= 0.6 is 0 Å². The standard InChI is InChI=1S/C23H26N6O3/c1-14-11-23(2,31)7-6-18(14)28-13-15-9-16(19(32-3)10-17(15)27-28)22(30)26-21-12-24-20-5-4-8-25-29(20)21/h4-5,8-10,12-14,18,31H,6-7,11H2,1-3H3,(H,26,30)/t14-,18-,23+/m1/s1. The van der Waals surface area contributed by atoms with Crippen molar-refractivity contribution in [3.05, 3.63) is 48.4 Å². The van der Waals surface area contributed by atoms with Gasteiger partial charge in [-0.1, -0.05) is 6.92 Å². The van der Waals surface area contributed by atoms with Crippen molar-refractivity contribution < 1.29 is 14.6 Å². The van der Waals surface area contributed by atoms with Crippen molar-refractivity contribution in [1.82, 2.24) is 24.4 Å². The molecule has 1 saturated carbocycles. The molecule has 0 aliphatic heterocycles. The molecular formula is C23H26N6O3. The summed E-state index contributed by atoms with van der Waals surface area (Å²) in [5.74, 6) is 0.902. The van der Waals surface area contributed by atoms with Crippen LogP contribution < -0.4 is 10.1 Å². The van der Waals surface area contributed by atoms with Gasteiger partial charge >= 0.3 is 0 Å². The first-order chi connectivity index (χ1) is 15.3. The Kier molecular flexibility index (Phi) is 4.85. The molecule has 3 heterocycles. The predicted octanol–water partition coefficient (Wildman–Crippen LogP) is 3.45. The van der Waals surface area contributed by atoms with E-state index in [-0.39, 0.29) is 11.9 Å². The van der Waals surface area contributed by atoms with Crippen molar-refractivity contribution in [3.63, 3.8) is 0 Å². The van der Waals surface area contributed by atoms with E-state index in [1.54, 1.807) is 35.1 Å². The lowest BCUT2D eigenvalue weighted by Crippen LogP contribution is -2.36. The van der Waals surface area contributed by atoms with Crippen LogP contribution in [0.2, 0.25) is 0 Å². The number of hydrogen-bond donors (Lipinski definition) is 2. The van der Waals surface area contributed by atoms with Gasteiger partial charge in [-0.2, -0.15) is 14.7 Å². The molecule has 3 atom stereocenters. The number of fused-ring (bicyclic) bond motifs is 2. The molecule has 32 heavy (non-hydrogen) atoms. The van der Waals surface area contributed by atoms with E-state index >= 15 is 0 Å². The number of anilines is 1. The molecule has 1 amide bonds. The van der Waals surface area contributed by atoms with Crippen LogP contribution in [0, 0.1) is 5.92 Å². The Balaban J connectivity index is 1.46. The molecule has 9 nitrogen and oxygen atoms in total. The number of benzene rings is 1. The van der Waals surface area contributed by atoms with E-state index in [9.17, 15) is 9.90 Å². The fourth-order valence-corrected chi connectivity index (χ4v) is 4.75. The van der Waals surface area contributed by atoms with Crippen molar-refractivity contribution in [2.45, 2.75) is 44.8 Å². The predicted molar refractivity (Wildman–Crippen MR) is 120 cm³/mol. The van der Waals surface area contributed by atoms with Gasteiger partial charge in [0.2, 0.25) is 0 Å². The van der Waals surface area contributed by atoms with Gasteiger partial charge in [0, 0.05) is 23.8 Å². The first-order valence-corrected chi connectivity index (χ1v) is 10.7. The summed E-state index contributed by atoms with van der Waals surface area (Å²) >= 11 is 0. The smallest absolute Gasteiger partial charge is 0.260 e. The van der Waals surface area contributed by atoms with Crippen LogP contribution in [0.4, 0.5) is 5.82 Å². The number of nitrogens with one attached hydrogen (secondary N) is 1. The summed E-state index contributed by atoms with van der Waals surface area (Å²) in [6.45, 7) is 4.04. The van der Waals surface area contributed by atoms with Crippen LogP contribution in [-0.2, 0) is 0 Å². The van der Waals surface area contributed by atoms with Crippen molar-refractivity contribution in [3.8, 4) is 5.75 Å². The topological polar surface area (TPSA) is 107 Å². The average Bonchev–Trinajstić information content (AvgIpc) is 3.35. The molecule has 2 N–H and O–H groups in total. The van der Waals surface area contributed by atoms with Crippen molar-refractivity contribution >= 4 is 28.3 Å². The summed E-state index contributed by atoms with van der Waals surface area (Å²) in [6.07, 6.45) is 7.51. The Morgan fingerprint density at radius 1 is 1.38 bits per heavy atom. The SMILES string of the molecule is COc1cc2nn([C@@H]3CC[C@](C)(O)C[C@H]3C)cc2cc1C(=O)Nc1cnc2cccnn12. The van der Waals surface area contributed by atoms with Crippen LogP contribution in [0.1, 0.15) is 49.5 Å². The molecule has 1 aliphatic rings. The minimum atomic E-state index is -0.621. The maximum atomic E-state index is 13.1. The number of imidazole rings is 1. The number of amides is 1. The van der Waals surface area contributed by atoms with Crippen molar-refractivity contribution in [2.75, 3.05) is 12.4 Å². The number of rotatable bonds is 4. The fraction of sp³-hybridized carbons (Fsp3) is 0.391. The fourth-order valence-electron chi connectivity index (χ4n) is 4.75. The largest absolute Gasteiger partial charge is 0.496 e. The normalized spacial score (nSPS) is 23.5. The summed E-state index contributed by atoms with van der Waals surface area (Å²) in [4.78, 5) is 17.3. The molecule has 0 saturated heterocycles. The van der Waals surface area contributed by atoms with Crippen molar-refractivity contribution in [1.29, 1.82) is 0 Å². The van der Waals surface area contributed by atoms with Crippen LogP contribution in [0.25, 0.3) is 16.6 Å². The first kappa shape index (κ1) is 20.4. The van der Waals surface area contributed by atoms with E-state index in [1.807, 2.05) is 23.9 Å². The maximum Gasteiger partial charge on any atom is 0.260 e. The van der Waals surface area contributed by atoms with E-state index in [2.05, 4.69) is 22.3 Å². The summed E-state index contributed by atoms with van der Waals surface area (Å²) in [5.41, 5.74) is 1.19. The van der Waals surface area contributed by atoms with Gasteiger partial charge in [0.25, 0.3) is 5.91 Å². The quantitative estimate of drug-likeness (QED) is 0.510. The molecule has 0 radical (unpaired) electrons. The second-order valence-corrected chi connectivity index (χ2v) is 8.90. The number of aliphatic hydroxyl groups is 1. The number of hydrogen-bond acceptors (Lipinski definition) is 6. The summed E-state index contributed by atoms with van der Waals surface area (Å²) in [7, 11) is 1.54. The van der Waals surface area contributed by atoms with E-state index in [4.69, 9.17) is 9.84 Å². The van der Waals surface area contributed by atoms with Gasteiger partial charge in [-0.05, 0) is 50.3 Å². The molecule has 9 heteroatoms. The zero-order chi connectivity index (χ0) is 22.5. The molecule has 0 unspecified atom stereocenters. The van der Waals surface area contributed by atoms with Gasteiger partial charge in [0.1, 0.15) is 5.75 Å². The monoisotopic (exact) mass is 434 g/mol. The van der Waals surface area contributed by atoms with E-state index < -0.39 is 5.60 Å². The average molecular weight is 435 g/mol. The van der Waals surface area contributed by atoms with Gasteiger partial charge in [0.15, 0.2) is 11.5 Å². The molecule has 0 bridgehead atoms. The van der Waals surface area contributed by atoms with Crippen LogP contribution in [0.5, 0.6) is 5.75 Å². The number of carbonyl (C=O) groups is 1. The van der Waals surface area contributed by atoms with Crippen LogP contribution in [0.15, 0.2) is 42.9 Å². The van der Waals surface area contributed by atoms with Gasteiger partial charge < -0.3 is 15.2 Å². The Bertz CT molecular complexity index is 1310. The minimum Gasteiger partial charge on any atom is -0.496 e. The zero-order valence-electron chi connectivity index (χ0n) is 18.3. The molecule has 5 rings (SSSR count). The highest BCUT2D eigenvalue weighted by atomic mass is 16.5. The van der Waals surface area contributed by atoms with Gasteiger partial charge in [-0.25, -0.2) is 4.98 Å².